The van der Waals surface area contributed by atoms with Gasteiger partial charge in [0.05, 0.1) is 16.8 Å². The molecule has 0 aromatic heterocycles. The molecule has 0 radical (unpaired) electrons. The Labute approximate surface area is 118 Å². The highest BCUT2D eigenvalue weighted by atomic mass is 35.5. The molecule has 0 aliphatic rings. The minimum atomic E-state index is -3.38. The van der Waals surface area contributed by atoms with Crippen LogP contribution < -0.4 is 10.0 Å². The molecule has 0 spiro atoms. The van der Waals surface area contributed by atoms with Gasteiger partial charge in [-0.25, -0.2) is 8.42 Å². The molecule has 0 heterocycles. The molecule has 5 nitrogen and oxygen atoms in total. The van der Waals surface area contributed by atoms with Crippen LogP contribution in [0.4, 0.5) is 5.69 Å². The smallest absolute Gasteiger partial charge is 0.252 e. The maximum Gasteiger partial charge on any atom is 0.252 e. The first kappa shape index (κ1) is 15.8. The largest absolute Gasteiger partial charge is 0.352 e. The van der Waals surface area contributed by atoms with E-state index in [-0.39, 0.29) is 16.5 Å². The molecule has 0 aliphatic heterocycles. The van der Waals surface area contributed by atoms with Crippen LogP contribution in [0.2, 0.25) is 5.02 Å². The average Bonchev–Trinajstić information content (AvgIpc) is 2.30. The lowest BCUT2D eigenvalue weighted by atomic mass is 10.2. The van der Waals surface area contributed by atoms with Crippen molar-refractivity contribution in [2.45, 2.75) is 19.8 Å². The van der Waals surface area contributed by atoms with Crippen molar-refractivity contribution < 1.29 is 13.2 Å². The quantitative estimate of drug-likeness (QED) is 0.791. The molecule has 0 atom stereocenters. The third-order valence-electron chi connectivity index (χ3n) is 2.33. The number of carbonyl (C=O) groups is 1. The van der Waals surface area contributed by atoms with Crippen LogP contribution in [-0.2, 0) is 10.0 Å². The molecule has 0 unspecified atom stereocenters. The molecule has 7 heteroatoms. The summed E-state index contributed by atoms with van der Waals surface area (Å²) in [6.45, 7) is 2.59. The molecule has 0 bridgehead atoms. The van der Waals surface area contributed by atoms with Crippen molar-refractivity contribution in [3.05, 3.63) is 28.8 Å². The monoisotopic (exact) mass is 304 g/mol. The molecule has 1 aromatic rings. The number of hydrogen-bond acceptors (Lipinski definition) is 3. The summed E-state index contributed by atoms with van der Waals surface area (Å²) in [4.78, 5) is 11.9. The Bertz CT molecular complexity index is 558. The molecule has 1 aromatic carbocycles. The van der Waals surface area contributed by atoms with Gasteiger partial charge in [0.15, 0.2) is 0 Å². The molecule has 1 amide bonds. The van der Waals surface area contributed by atoms with Gasteiger partial charge in [0, 0.05) is 12.2 Å². The zero-order valence-corrected chi connectivity index (χ0v) is 12.4. The second-order valence-corrected chi connectivity index (χ2v) is 6.33. The van der Waals surface area contributed by atoms with Gasteiger partial charge in [-0.15, -0.1) is 0 Å². The van der Waals surface area contributed by atoms with Gasteiger partial charge < -0.3 is 5.32 Å². The number of benzene rings is 1. The summed E-state index contributed by atoms with van der Waals surface area (Å²) in [5.41, 5.74) is 0.568. The number of carbonyl (C=O) groups excluding carboxylic acids is 1. The van der Waals surface area contributed by atoms with Gasteiger partial charge in [0.1, 0.15) is 0 Å². The van der Waals surface area contributed by atoms with E-state index in [2.05, 4.69) is 10.0 Å². The molecule has 0 saturated carbocycles. The Morgan fingerprint density at radius 1 is 1.37 bits per heavy atom. The molecular weight excluding hydrogens is 288 g/mol. The van der Waals surface area contributed by atoms with Gasteiger partial charge in [0.25, 0.3) is 5.91 Å². The lowest BCUT2D eigenvalue weighted by molar-refractivity contribution is 0.0953. The van der Waals surface area contributed by atoms with Gasteiger partial charge in [-0.05, 0) is 24.6 Å². The SMILES string of the molecule is CCCCNC(=O)c1cc(NS(C)(=O)=O)ccc1Cl. The molecule has 1 rings (SSSR count). The van der Waals surface area contributed by atoms with Crippen molar-refractivity contribution in [2.75, 3.05) is 17.5 Å². The van der Waals surface area contributed by atoms with Gasteiger partial charge in [-0.1, -0.05) is 24.9 Å². The van der Waals surface area contributed by atoms with E-state index in [0.717, 1.165) is 19.1 Å². The molecular formula is C12H17ClN2O3S. The second kappa shape index (κ2) is 6.77. The van der Waals surface area contributed by atoms with Crippen LogP contribution in [0.3, 0.4) is 0 Å². The van der Waals surface area contributed by atoms with Crippen molar-refractivity contribution >= 4 is 33.2 Å². The van der Waals surface area contributed by atoms with E-state index in [0.29, 0.717) is 12.2 Å². The minimum Gasteiger partial charge on any atom is -0.352 e. The Morgan fingerprint density at radius 3 is 2.63 bits per heavy atom. The lowest BCUT2D eigenvalue weighted by Crippen LogP contribution is -2.24. The highest BCUT2D eigenvalue weighted by Gasteiger charge is 2.12. The van der Waals surface area contributed by atoms with Crippen LogP contribution in [0.15, 0.2) is 18.2 Å². The Hall–Kier alpha value is -1.27. The third-order valence-corrected chi connectivity index (χ3v) is 3.27. The van der Waals surface area contributed by atoms with Crippen LogP contribution >= 0.6 is 11.6 Å². The summed E-state index contributed by atoms with van der Waals surface area (Å²) in [7, 11) is -3.38. The molecule has 19 heavy (non-hydrogen) atoms. The standard InChI is InChI=1S/C12H17ClN2O3S/c1-3-4-7-14-12(16)10-8-9(5-6-11(10)13)15-19(2,17)18/h5-6,8,15H,3-4,7H2,1-2H3,(H,14,16). The van der Waals surface area contributed by atoms with Gasteiger partial charge in [0.2, 0.25) is 10.0 Å². The summed E-state index contributed by atoms with van der Waals surface area (Å²) in [5, 5.41) is 3.02. The molecule has 0 aliphatic carbocycles. The second-order valence-electron chi connectivity index (χ2n) is 4.18. The van der Waals surface area contributed by atoms with Crippen LogP contribution in [0.1, 0.15) is 30.1 Å². The zero-order valence-electron chi connectivity index (χ0n) is 10.9. The topological polar surface area (TPSA) is 75.3 Å². The van der Waals surface area contributed by atoms with E-state index in [1.165, 1.54) is 18.2 Å². The number of rotatable bonds is 6. The van der Waals surface area contributed by atoms with E-state index < -0.39 is 10.0 Å². The van der Waals surface area contributed by atoms with Crippen molar-refractivity contribution in [3.63, 3.8) is 0 Å². The van der Waals surface area contributed by atoms with E-state index in [4.69, 9.17) is 11.6 Å². The maximum absolute atomic E-state index is 11.9. The molecule has 2 N–H and O–H groups in total. The highest BCUT2D eigenvalue weighted by Crippen LogP contribution is 2.21. The van der Waals surface area contributed by atoms with Crippen LogP contribution in [-0.4, -0.2) is 27.1 Å². The summed E-state index contributed by atoms with van der Waals surface area (Å²) >= 11 is 5.94. The summed E-state index contributed by atoms with van der Waals surface area (Å²) in [6, 6.07) is 4.42. The van der Waals surface area contributed by atoms with E-state index in [9.17, 15) is 13.2 Å². The average molecular weight is 305 g/mol. The van der Waals surface area contributed by atoms with E-state index >= 15 is 0 Å². The number of halogens is 1. The van der Waals surface area contributed by atoms with Crippen LogP contribution in [0, 0.1) is 0 Å². The molecule has 106 valence electrons. The number of anilines is 1. The van der Waals surface area contributed by atoms with E-state index in [1.54, 1.807) is 0 Å². The lowest BCUT2D eigenvalue weighted by Gasteiger charge is -2.09. The summed E-state index contributed by atoms with van der Waals surface area (Å²) in [6.07, 6.45) is 2.90. The molecule has 0 saturated heterocycles. The normalized spacial score (nSPS) is 11.1. The first-order valence-electron chi connectivity index (χ1n) is 5.89. The van der Waals surface area contributed by atoms with Crippen LogP contribution in [0.25, 0.3) is 0 Å². The maximum atomic E-state index is 11.9. The van der Waals surface area contributed by atoms with E-state index in [1.807, 2.05) is 6.92 Å². The number of amides is 1. The van der Waals surface area contributed by atoms with Gasteiger partial charge >= 0.3 is 0 Å². The number of nitrogens with one attached hydrogen (secondary N) is 2. The minimum absolute atomic E-state index is 0.256. The first-order chi connectivity index (χ1) is 8.83. The van der Waals surface area contributed by atoms with Crippen molar-refractivity contribution in [2.24, 2.45) is 0 Å². The predicted molar refractivity (Wildman–Crippen MR) is 77.2 cm³/mol. The predicted octanol–water partition coefficient (Wildman–Crippen LogP) is 2.24. The zero-order chi connectivity index (χ0) is 14.5. The summed E-state index contributed by atoms with van der Waals surface area (Å²) < 4.78 is 24.6. The van der Waals surface area contributed by atoms with Gasteiger partial charge in [-0.2, -0.15) is 0 Å². The van der Waals surface area contributed by atoms with Crippen LogP contribution in [0.5, 0.6) is 0 Å². The van der Waals surface area contributed by atoms with Crippen molar-refractivity contribution in [1.29, 1.82) is 0 Å². The Morgan fingerprint density at radius 2 is 2.05 bits per heavy atom. The summed E-state index contributed by atoms with van der Waals surface area (Å²) in [5.74, 6) is -0.310. The fraction of sp³-hybridized carbons (Fsp3) is 0.417. The first-order valence-corrected chi connectivity index (χ1v) is 8.16. The van der Waals surface area contributed by atoms with Gasteiger partial charge in [-0.3, -0.25) is 9.52 Å². The fourth-order valence-electron chi connectivity index (χ4n) is 1.45. The Kier molecular flexibility index (Phi) is 5.62. The van der Waals surface area contributed by atoms with Crippen molar-refractivity contribution in [3.8, 4) is 0 Å². The fourth-order valence-corrected chi connectivity index (χ4v) is 2.21. The van der Waals surface area contributed by atoms with Crippen molar-refractivity contribution in [1.82, 2.24) is 5.32 Å². The highest BCUT2D eigenvalue weighted by molar-refractivity contribution is 7.92. The third kappa shape index (κ3) is 5.48. The number of hydrogen-bond donors (Lipinski definition) is 2. The number of unbranched alkanes of at least 4 members (excludes halogenated alkanes) is 1. The Balaban J connectivity index is 2.88. The number of sulfonamides is 1. The molecule has 0 fully saturated rings.